The number of alkyl halides is 3. The number of ketones is 1. The molecule has 34 heavy (non-hydrogen) atoms. The van der Waals surface area contributed by atoms with Gasteiger partial charge in [-0.15, -0.1) is 0 Å². The first-order valence-electron chi connectivity index (χ1n) is 11.4. The van der Waals surface area contributed by atoms with Crippen molar-refractivity contribution in [3.63, 3.8) is 0 Å². The van der Waals surface area contributed by atoms with Crippen molar-refractivity contribution in [2.24, 2.45) is 0 Å². The fourth-order valence-electron chi connectivity index (χ4n) is 5.19. The van der Waals surface area contributed by atoms with E-state index < -0.39 is 17.7 Å². The molecule has 1 saturated heterocycles. The first kappa shape index (κ1) is 22.4. The van der Waals surface area contributed by atoms with Crippen LogP contribution in [0.2, 0.25) is 0 Å². The molecule has 176 valence electrons. The van der Waals surface area contributed by atoms with E-state index in [1.807, 2.05) is 23.1 Å². The third-order valence-electron chi connectivity index (χ3n) is 6.91. The van der Waals surface area contributed by atoms with Crippen molar-refractivity contribution in [2.45, 2.75) is 43.8 Å². The van der Waals surface area contributed by atoms with Crippen molar-refractivity contribution in [2.75, 3.05) is 13.1 Å². The number of fused-ring (bicyclic) bond motifs is 1. The number of rotatable bonds is 4. The molecule has 8 heteroatoms. The van der Waals surface area contributed by atoms with E-state index in [1.165, 1.54) is 12.1 Å². The molecule has 0 saturated carbocycles. The number of piperidine rings is 1. The van der Waals surface area contributed by atoms with Crippen LogP contribution in [0.1, 0.15) is 64.0 Å². The number of imidazole rings is 1. The van der Waals surface area contributed by atoms with E-state index in [9.17, 15) is 22.8 Å². The average molecular weight is 467 g/mol. The van der Waals surface area contributed by atoms with Crippen LogP contribution in [0.3, 0.4) is 0 Å². The summed E-state index contributed by atoms with van der Waals surface area (Å²) in [7, 11) is 0. The fourth-order valence-corrected chi connectivity index (χ4v) is 5.19. The molecule has 1 unspecified atom stereocenters. The molecule has 1 fully saturated rings. The number of Topliss-reactive ketones (excluding diaryl/α,β-unsaturated/α-hetero) is 1. The molecule has 0 bridgehead atoms. The third kappa shape index (κ3) is 4.13. The number of likely N-dealkylation sites (tertiary alicyclic amines) is 1. The van der Waals surface area contributed by atoms with Gasteiger partial charge in [0.05, 0.1) is 11.5 Å². The van der Waals surface area contributed by atoms with Crippen molar-refractivity contribution in [1.82, 2.24) is 14.5 Å². The van der Waals surface area contributed by atoms with Crippen LogP contribution in [-0.2, 0) is 17.5 Å². The monoisotopic (exact) mass is 467 g/mol. The third-order valence-corrected chi connectivity index (χ3v) is 6.91. The summed E-state index contributed by atoms with van der Waals surface area (Å²) in [5.74, 6) is 0.338. The largest absolute Gasteiger partial charge is 0.416 e. The van der Waals surface area contributed by atoms with E-state index >= 15 is 0 Å². The highest BCUT2D eigenvalue weighted by Gasteiger charge is 2.38. The molecule has 2 heterocycles. The quantitative estimate of drug-likeness (QED) is 0.541. The number of hydrogen-bond acceptors (Lipinski definition) is 3. The summed E-state index contributed by atoms with van der Waals surface area (Å²) in [6.07, 6.45) is 0.466. The van der Waals surface area contributed by atoms with Gasteiger partial charge in [-0.05, 0) is 30.0 Å². The summed E-state index contributed by atoms with van der Waals surface area (Å²) in [6.45, 7) is 1.15. The van der Waals surface area contributed by atoms with E-state index in [1.54, 1.807) is 29.1 Å². The standard InChI is InChI=1S/C26H24F3N3O2/c27-26(28,29)22-8-4-1-5-18(22)16-32-14-11-30-24(32)17-9-12-31(13-10-17)25(34)21-15-23(33)20-7-3-2-6-19(20)21/h1-8,11,14,17,21H,9-10,12-13,15-16H2. The number of carbonyl (C=O) groups is 2. The van der Waals surface area contributed by atoms with Crippen LogP contribution in [0.15, 0.2) is 60.9 Å². The number of hydrogen-bond donors (Lipinski definition) is 0. The first-order valence-corrected chi connectivity index (χ1v) is 11.4. The van der Waals surface area contributed by atoms with Crippen molar-refractivity contribution >= 4 is 11.7 Å². The molecule has 0 N–H and O–H groups in total. The molecule has 1 aliphatic carbocycles. The zero-order chi connectivity index (χ0) is 23.9. The van der Waals surface area contributed by atoms with Crippen LogP contribution < -0.4 is 0 Å². The first-order chi connectivity index (χ1) is 16.3. The summed E-state index contributed by atoms with van der Waals surface area (Å²) in [5.41, 5.74) is 1.00. The predicted molar refractivity (Wildman–Crippen MR) is 119 cm³/mol. The van der Waals surface area contributed by atoms with Crippen LogP contribution in [-0.4, -0.2) is 39.2 Å². The number of halogens is 3. The Morgan fingerprint density at radius 1 is 1.03 bits per heavy atom. The van der Waals surface area contributed by atoms with Crippen LogP contribution in [0, 0.1) is 0 Å². The van der Waals surface area contributed by atoms with E-state index in [-0.39, 0.29) is 36.1 Å². The number of carbonyl (C=O) groups excluding carboxylic acids is 2. The van der Waals surface area contributed by atoms with E-state index in [0.29, 0.717) is 31.5 Å². The maximum absolute atomic E-state index is 13.4. The Bertz CT molecular complexity index is 1230. The Hall–Kier alpha value is -3.42. The fraction of sp³-hybridized carbons (Fsp3) is 0.346. The molecule has 1 atom stereocenters. The molecule has 3 aromatic rings. The Labute approximate surface area is 195 Å². The highest BCUT2D eigenvalue weighted by atomic mass is 19.4. The van der Waals surface area contributed by atoms with E-state index in [4.69, 9.17) is 0 Å². The minimum atomic E-state index is -4.41. The normalized spacial score (nSPS) is 18.9. The summed E-state index contributed by atoms with van der Waals surface area (Å²) >= 11 is 0. The highest BCUT2D eigenvalue weighted by Crippen LogP contribution is 2.37. The Morgan fingerprint density at radius 2 is 1.74 bits per heavy atom. The molecule has 5 rings (SSSR count). The van der Waals surface area contributed by atoms with Crippen LogP contribution in [0.5, 0.6) is 0 Å². The lowest BCUT2D eigenvalue weighted by molar-refractivity contribution is -0.138. The molecule has 2 aliphatic rings. The lowest BCUT2D eigenvalue weighted by atomic mass is 9.93. The zero-order valence-electron chi connectivity index (χ0n) is 18.5. The van der Waals surface area contributed by atoms with Crippen molar-refractivity contribution in [1.29, 1.82) is 0 Å². The smallest absolute Gasteiger partial charge is 0.342 e. The van der Waals surface area contributed by atoms with Crippen LogP contribution in [0.4, 0.5) is 13.2 Å². The van der Waals surface area contributed by atoms with Crippen molar-refractivity contribution < 1.29 is 22.8 Å². The summed E-state index contributed by atoms with van der Waals surface area (Å²) in [5, 5.41) is 0. The topological polar surface area (TPSA) is 55.2 Å². The van der Waals surface area contributed by atoms with Gasteiger partial charge < -0.3 is 9.47 Å². The molecular formula is C26H24F3N3O2. The van der Waals surface area contributed by atoms with Gasteiger partial charge in [-0.2, -0.15) is 13.2 Å². The van der Waals surface area contributed by atoms with Gasteiger partial charge >= 0.3 is 6.18 Å². The Balaban J connectivity index is 1.27. The molecule has 0 spiro atoms. The number of aromatic nitrogens is 2. The maximum Gasteiger partial charge on any atom is 0.416 e. The van der Waals surface area contributed by atoms with Gasteiger partial charge in [0, 0.05) is 49.9 Å². The van der Waals surface area contributed by atoms with Gasteiger partial charge in [0.15, 0.2) is 5.78 Å². The minimum Gasteiger partial charge on any atom is -0.342 e. The molecule has 2 aromatic carbocycles. The Morgan fingerprint density at radius 3 is 2.50 bits per heavy atom. The molecule has 0 radical (unpaired) electrons. The second-order valence-electron chi connectivity index (χ2n) is 8.93. The number of benzene rings is 2. The van der Waals surface area contributed by atoms with Gasteiger partial charge in [0.2, 0.25) is 5.91 Å². The molecule has 1 aromatic heterocycles. The van der Waals surface area contributed by atoms with Gasteiger partial charge in [0.25, 0.3) is 0 Å². The van der Waals surface area contributed by atoms with Gasteiger partial charge in [0.1, 0.15) is 5.82 Å². The van der Waals surface area contributed by atoms with Crippen molar-refractivity contribution in [3.8, 4) is 0 Å². The van der Waals surface area contributed by atoms with E-state index in [0.717, 1.165) is 17.5 Å². The van der Waals surface area contributed by atoms with Gasteiger partial charge in [-0.3, -0.25) is 9.59 Å². The predicted octanol–water partition coefficient (Wildman–Crippen LogP) is 5.03. The lowest BCUT2D eigenvalue weighted by Crippen LogP contribution is -2.40. The second kappa shape index (κ2) is 8.74. The summed E-state index contributed by atoms with van der Waals surface area (Å²) < 4.78 is 42.0. The van der Waals surface area contributed by atoms with Gasteiger partial charge in [-0.25, -0.2) is 4.98 Å². The average Bonchev–Trinajstić information content (AvgIpc) is 3.43. The number of amides is 1. The number of nitrogens with zero attached hydrogens (tertiary/aromatic N) is 3. The second-order valence-corrected chi connectivity index (χ2v) is 8.93. The van der Waals surface area contributed by atoms with Crippen LogP contribution in [0.25, 0.3) is 0 Å². The maximum atomic E-state index is 13.4. The molecule has 5 nitrogen and oxygen atoms in total. The molecular weight excluding hydrogens is 443 g/mol. The lowest BCUT2D eigenvalue weighted by Gasteiger charge is -2.33. The summed E-state index contributed by atoms with van der Waals surface area (Å²) in [6, 6.07) is 12.9. The minimum absolute atomic E-state index is 0.00463. The summed E-state index contributed by atoms with van der Waals surface area (Å²) in [4.78, 5) is 31.7. The van der Waals surface area contributed by atoms with Crippen LogP contribution >= 0.6 is 0 Å². The molecule has 1 aliphatic heterocycles. The van der Waals surface area contributed by atoms with Crippen molar-refractivity contribution in [3.05, 3.63) is 89.0 Å². The zero-order valence-corrected chi connectivity index (χ0v) is 18.5. The van der Waals surface area contributed by atoms with E-state index in [2.05, 4.69) is 4.98 Å². The SMILES string of the molecule is O=C1CC(C(=O)N2CCC(c3nccn3Cc3ccccc3C(F)(F)F)CC2)c2ccccc21. The molecule has 1 amide bonds. The van der Waals surface area contributed by atoms with Gasteiger partial charge in [-0.1, -0.05) is 42.5 Å². The Kier molecular flexibility index (Phi) is 5.75. The highest BCUT2D eigenvalue weighted by molar-refractivity contribution is 6.06.